The van der Waals surface area contributed by atoms with Crippen LogP contribution in [0.5, 0.6) is 0 Å². The lowest BCUT2D eigenvalue weighted by Gasteiger charge is -2.17. The summed E-state index contributed by atoms with van der Waals surface area (Å²) in [5, 5.41) is 6.60. The summed E-state index contributed by atoms with van der Waals surface area (Å²) in [6, 6.07) is 8.06. The van der Waals surface area contributed by atoms with Gasteiger partial charge in [-0.2, -0.15) is 4.98 Å². The molecule has 1 aromatic heterocycles. The average Bonchev–Trinajstić information content (AvgIpc) is 3.24. The molecule has 0 radical (unpaired) electrons. The van der Waals surface area contributed by atoms with Crippen molar-refractivity contribution >= 4 is 11.6 Å². The Morgan fingerprint density at radius 3 is 2.68 bits per heavy atom. The summed E-state index contributed by atoms with van der Waals surface area (Å²) in [5.74, 6) is 0.121. The highest BCUT2D eigenvalue weighted by atomic mass is 16.5. The van der Waals surface area contributed by atoms with Crippen LogP contribution in [0, 0.1) is 0 Å². The Bertz CT molecular complexity index is 630. The first kappa shape index (κ1) is 14.6. The Balaban J connectivity index is 1.71. The van der Waals surface area contributed by atoms with E-state index >= 15 is 0 Å². The normalized spacial score (nSPS) is 14.3. The third kappa shape index (κ3) is 3.10. The zero-order chi connectivity index (χ0) is 15.4. The predicted octanol–water partition coefficient (Wildman–Crippen LogP) is 2.48. The summed E-state index contributed by atoms with van der Waals surface area (Å²) < 4.78 is 5.02. The first-order chi connectivity index (χ1) is 10.8. The van der Waals surface area contributed by atoms with E-state index in [1.165, 1.54) is 18.5 Å². The van der Waals surface area contributed by atoms with Gasteiger partial charge in [0.15, 0.2) is 0 Å². The van der Waals surface area contributed by atoms with E-state index in [1.54, 1.807) is 0 Å². The molecule has 116 valence electrons. The van der Waals surface area contributed by atoms with E-state index in [0.717, 1.165) is 25.1 Å². The molecule has 0 saturated carbocycles. The highest BCUT2D eigenvalue weighted by Crippen LogP contribution is 2.23. The molecule has 2 heterocycles. The fourth-order valence-corrected chi connectivity index (χ4v) is 2.54. The number of benzene rings is 1. The lowest BCUT2D eigenvalue weighted by molar-refractivity contribution is 0.0910. The molecule has 1 N–H and O–H groups in total. The number of anilines is 1. The number of hydrogen-bond acceptors (Lipinski definition) is 5. The van der Waals surface area contributed by atoms with Crippen LogP contribution in [-0.2, 0) is 0 Å². The fraction of sp³-hybridized carbons (Fsp3) is 0.438. The molecule has 1 aliphatic heterocycles. The van der Waals surface area contributed by atoms with E-state index in [4.69, 9.17) is 4.52 Å². The molecule has 1 fully saturated rings. The molecule has 0 aliphatic carbocycles. The average molecular weight is 300 g/mol. The van der Waals surface area contributed by atoms with E-state index in [0.29, 0.717) is 12.4 Å². The van der Waals surface area contributed by atoms with E-state index in [2.05, 4.69) is 32.5 Å². The largest absolute Gasteiger partial charge is 0.372 e. The Morgan fingerprint density at radius 2 is 2.00 bits per heavy atom. The number of amides is 1. The maximum absolute atomic E-state index is 11.8. The number of aromatic nitrogens is 2. The molecule has 1 aromatic carbocycles. The first-order valence-corrected chi connectivity index (χ1v) is 7.75. The molecular formula is C16H20N4O2. The van der Waals surface area contributed by atoms with Crippen molar-refractivity contribution in [1.29, 1.82) is 0 Å². The third-order valence-electron chi connectivity index (χ3n) is 3.75. The molecule has 0 atom stereocenters. The maximum atomic E-state index is 11.8. The fourth-order valence-electron chi connectivity index (χ4n) is 2.54. The van der Waals surface area contributed by atoms with E-state index in [-0.39, 0.29) is 11.8 Å². The lowest BCUT2D eigenvalue weighted by atomic mass is 10.2. The molecule has 2 aromatic rings. The topological polar surface area (TPSA) is 71.3 Å². The summed E-state index contributed by atoms with van der Waals surface area (Å²) in [6.45, 7) is 4.81. The number of rotatable bonds is 5. The molecule has 6 heteroatoms. The van der Waals surface area contributed by atoms with E-state index < -0.39 is 0 Å². The van der Waals surface area contributed by atoms with Gasteiger partial charge in [-0.05, 0) is 43.5 Å². The molecule has 0 unspecified atom stereocenters. The second-order valence-corrected chi connectivity index (χ2v) is 5.42. The number of nitrogens with one attached hydrogen (secondary N) is 1. The van der Waals surface area contributed by atoms with Crippen LogP contribution in [0.4, 0.5) is 5.69 Å². The lowest BCUT2D eigenvalue weighted by Crippen LogP contribution is -2.24. The van der Waals surface area contributed by atoms with Crippen LogP contribution in [0.1, 0.15) is 36.9 Å². The second kappa shape index (κ2) is 6.60. The first-order valence-electron chi connectivity index (χ1n) is 7.75. The summed E-state index contributed by atoms with van der Waals surface area (Å²) in [7, 11) is 0. The Kier molecular flexibility index (Phi) is 4.37. The van der Waals surface area contributed by atoms with Crippen LogP contribution in [0.15, 0.2) is 28.8 Å². The van der Waals surface area contributed by atoms with Gasteiger partial charge in [-0.1, -0.05) is 12.1 Å². The molecule has 22 heavy (non-hydrogen) atoms. The van der Waals surface area contributed by atoms with Crippen molar-refractivity contribution in [3.63, 3.8) is 0 Å². The van der Waals surface area contributed by atoms with Gasteiger partial charge in [-0.3, -0.25) is 4.79 Å². The van der Waals surface area contributed by atoms with Crippen LogP contribution >= 0.6 is 0 Å². The van der Waals surface area contributed by atoms with E-state index in [9.17, 15) is 4.79 Å². The van der Waals surface area contributed by atoms with Crippen molar-refractivity contribution in [2.45, 2.75) is 26.2 Å². The SMILES string of the molecule is CCCNC(=O)c1nc(-c2ccc(N3CCCC3)cc2)no1. The summed E-state index contributed by atoms with van der Waals surface area (Å²) in [6.07, 6.45) is 3.37. The van der Waals surface area contributed by atoms with Gasteiger partial charge in [0.05, 0.1) is 0 Å². The minimum Gasteiger partial charge on any atom is -0.372 e. The minimum absolute atomic E-state index is 0.00655. The van der Waals surface area contributed by atoms with Gasteiger partial charge in [0, 0.05) is 30.9 Å². The van der Waals surface area contributed by atoms with Crippen LogP contribution in [-0.4, -0.2) is 35.7 Å². The molecule has 0 bridgehead atoms. The molecular weight excluding hydrogens is 280 g/mol. The van der Waals surface area contributed by atoms with Crippen molar-refractivity contribution in [1.82, 2.24) is 15.5 Å². The van der Waals surface area contributed by atoms with Crippen LogP contribution in [0.3, 0.4) is 0 Å². The Labute approximate surface area is 129 Å². The molecule has 0 spiro atoms. The quantitative estimate of drug-likeness (QED) is 0.918. The predicted molar refractivity (Wildman–Crippen MR) is 83.8 cm³/mol. The second-order valence-electron chi connectivity index (χ2n) is 5.42. The van der Waals surface area contributed by atoms with Crippen molar-refractivity contribution in [2.24, 2.45) is 0 Å². The van der Waals surface area contributed by atoms with Crippen LogP contribution < -0.4 is 10.2 Å². The van der Waals surface area contributed by atoms with Crippen molar-refractivity contribution in [3.8, 4) is 11.4 Å². The Hall–Kier alpha value is -2.37. The molecule has 1 aliphatic rings. The smallest absolute Gasteiger partial charge is 0.316 e. The monoisotopic (exact) mass is 300 g/mol. The van der Waals surface area contributed by atoms with Gasteiger partial charge < -0.3 is 14.7 Å². The number of nitrogens with zero attached hydrogens (tertiary/aromatic N) is 3. The summed E-state index contributed by atoms with van der Waals surface area (Å²) >= 11 is 0. The minimum atomic E-state index is -0.325. The maximum Gasteiger partial charge on any atom is 0.316 e. The van der Waals surface area contributed by atoms with Crippen molar-refractivity contribution < 1.29 is 9.32 Å². The summed E-state index contributed by atoms with van der Waals surface area (Å²) in [4.78, 5) is 18.3. The molecule has 1 amide bonds. The summed E-state index contributed by atoms with van der Waals surface area (Å²) in [5.41, 5.74) is 2.06. The van der Waals surface area contributed by atoms with Crippen molar-refractivity contribution in [2.75, 3.05) is 24.5 Å². The van der Waals surface area contributed by atoms with Gasteiger partial charge in [0.2, 0.25) is 5.82 Å². The molecule has 1 saturated heterocycles. The highest BCUT2D eigenvalue weighted by molar-refractivity contribution is 5.89. The van der Waals surface area contributed by atoms with Crippen LogP contribution in [0.25, 0.3) is 11.4 Å². The zero-order valence-corrected chi connectivity index (χ0v) is 12.7. The molecule has 3 rings (SSSR count). The van der Waals surface area contributed by atoms with Gasteiger partial charge in [0.1, 0.15) is 0 Å². The van der Waals surface area contributed by atoms with Gasteiger partial charge in [-0.15, -0.1) is 0 Å². The standard InChI is InChI=1S/C16H20N4O2/c1-2-9-17-15(21)16-18-14(19-22-16)12-5-7-13(8-6-12)20-10-3-4-11-20/h5-8H,2-4,9-11H2,1H3,(H,17,21). The third-order valence-corrected chi connectivity index (χ3v) is 3.75. The number of carbonyl (C=O) groups excluding carboxylic acids is 1. The van der Waals surface area contributed by atoms with Crippen molar-refractivity contribution in [3.05, 3.63) is 30.2 Å². The Morgan fingerprint density at radius 1 is 1.27 bits per heavy atom. The molecule has 6 nitrogen and oxygen atoms in total. The zero-order valence-electron chi connectivity index (χ0n) is 12.7. The number of hydrogen-bond donors (Lipinski definition) is 1. The van der Waals surface area contributed by atoms with Crippen LogP contribution in [0.2, 0.25) is 0 Å². The van der Waals surface area contributed by atoms with E-state index in [1.807, 2.05) is 19.1 Å². The van der Waals surface area contributed by atoms with Gasteiger partial charge in [0.25, 0.3) is 0 Å². The highest BCUT2D eigenvalue weighted by Gasteiger charge is 2.16. The van der Waals surface area contributed by atoms with Gasteiger partial charge in [-0.25, -0.2) is 0 Å². The number of carbonyl (C=O) groups is 1. The van der Waals surface area contributed by atoms with Gasteiger partial charge >= 0.3 is 11.8 Å².